The van der Waals surface area contributed by atoms with Gasteiger partial charge in [0.15, 0.2) is 0 Å². The van der Waals surface area contributed by atoms with Gasteiger partial charge in [-0.3, -0.25) is 9.78 Å². The van der Waals surface area contributed by atoms with Crippen LogP contribution in [0.1, 0.15) is 5.56 Å². The molecule has 1 aliphatic rings. The largest absolute Gasteiger partial charge is 0.508 e. The lowest BCUT2D eigenvalue weighted by molar-refractivity contribution is -0.126. The van der Waals surface area contributed by atoms with E-state index >= 15 is 0 Å². The second-order valence-corrected chi connectivity index (χ2v) is 7.57. The second-order valence-electron chi connectivity index (χ2n) is 7.16. The molecule has 2 aromatic carbocycles. The Labute approximate surface area is 183 Å². The summed E-state index contributed by atoms with van der Waals surface area (Å²) in [5.41, 5.74) is 2.18. The lowest BCUT2D eigenvalue weighted by Gasteiger charge is -2.36. The molecule has 0 spiro atoms. The van der Waals surface area contributed by atoms with Crippen molar-refractivity contribution in [3.63, 3.8) is 0 Å². The van der Waals surface area contributed by atoms with Gasteiger partial charge in [-0.25, -0.2) is 4.39 Å². The molecular formula is C23H18ClFN4O2. The van der Waals surface area contributed by atoms with Gasteiger partial charge in [0.1, 0.15) is 17.6 Å². The minimum absolute atomic E-state index is 0.0759. The summed E-state index contributed by atoms with van der Waals surface area (Å²) in [5.74, 6) is -0.718. The van der Waals surface area contributed by atoms with E-state index in [-0.39, 0.29) is 22.2 Å². The van der Waals surface area contributed by atoms with Crippen molar-refractivity contribution in [3.05, 3.63) is 65.6 Å². The third-order valence-corrected chi connectivity index (χ3v) is 5.68. The van der Waals surface area contributed by atoms with E-state index in [2.05, 4.69) is 17.6 Å². The molecule has 6 nitrogen and oxygen atoms in total. The first-order valence-electron chi connectivity index (χ1n) is 9.60. The van der Waals surface area contributed by atoms with Crippen molar-refractivity contribution < 1.29 is 14.3 Å². The number of carbonyl (C=O) groups excluding carboxylic acids is 1. The molecule has 0 bridgehead atoms. The first-order valence-corrected chi connectivity index (χ1v) is 9.98. The topological polar surface area (TPSA) is 80.5 Å². The Morgan fingerprint density at radius 1 is 1.23 bits per heavy atom. The lowest BCUT2D eigenvalue weighted by Crippen LogP contribution is -2.48. The quantitative estimate of drug-likeness (QED) is 0.625. The summed E-state index contributed by atoms with van der Waals surface area (Å²) in [6.45, 7) is 5.59. The number of amides is 1. The van der Waals surface area contributed by atoms with Crippen molar-refractivity contribution in [2.24, 2.45) is 0 Å². The van der Waals surface area contributed by atoms with Crippen molar-refractivity contribution in [1.29, 1.82) is 5.26 Å². The molecule has 0 atom stereocenters. The van der Waals surface area contributed by atoms with Gasteiger partial charge in [-0.1, -0.05) is 18.2 Å². The fourth-order valence-corrected chi connectivity index (χ4v) is 4.09. The zero-order valence-electron chi connectivity index (χ0n) is 16.5. The fraction of sp³-hybridized carbons (Fsp3) is 0.174. The number of anilines is 1. The number of hydrogen-bond acceptors (Lipinski definition) is 5. The van der Waals surface area contributed by atoms with E-state index in [1.807, 2.05) is 4.90 Å². The van der Waals surface area contributed by atoms with Crippen molar-refractivity contribution in [1.82, 2.24) is 9.88 Å². The molecule has 31 heavy (non-hydrogen) atoms. The number of nitriles is 1. The maximum absolute atomic E-state index is 14.4. The first-order chi connectivity index (χ1) is 14.9. The SMILES string of the molecule is C=CC(=O)N1CCN(c2c(C#N)cnc3cc(-c4cc(O)ccc4F)c(Cl)cc23)CC1. The molecule has 1 N–H and O–H groups in total. The van der Waals surface area contributed by atoms with Crippen molar-refractivity contribution in [3.8, 4) is 22.9 Å². The molecule has 2 heterocycles. The molecule has 0 aliphatic carbocycles. The van der Waals surface area contributed by atoms with Crippen LogP contribution in [-0.2, 0) is 4.79 Å². The lowest BCUT2D eigenvalue weighted by atomic mass is 10.0. The molecule has 1 saturated heterocycles. The number of halogens is 2. The Kier molecular flexibility index (Phi) is 5.49. The minimum Gasteiger partial charge on any atom is -0.508 e. The van der Waals surface area contributed by atoms with Crippen LogP contribution in [-0.4, -0.2) is 47.1 Å². The van der Waals surface area contributed by atoms with Gasteiger partial charge in [0.25, 0.3) is 0 Å². The third kappa shape index (κ3) is 3.78. The maximum atomic E-state index is 14.4. The summed E-state index contributed by atoms with van der Waals surface area (Å²) in [5, 5.41) is 20.4. The number of phenolic OH excluding ortho intramolecular Hbond substituents is 1. The Bertz CT molecular complexity index is 1250. The Morgan fingerprint density at radius 3 is 2.65 bits per heavy atom. The summed E-state index contributed by atoms with van der Waals surface area (Å²) in [4.78, 5) is 20.0. The Hall–Kier alpha value is -3.63. The van der Waals surface area contributed by atoms with E-state index in [1.165, 1.54) is 30.5 Å². The van der Waals surface area contributed by atoms with Crippen molar-refractivity contribution in [2.75, 3.05) is 31.1 Å². The fourth-order valence-electron chi connectivity index (χ4n) is 3.83. The standard InChI is InChI=1S/C23H18ClFN4O2/c1-2-22(31)28-5-7-29(8-6-28)23-14(12-26)13-27-21-11-16(19(24)10-18(21)23)17-9-15(30)3-4-20(17)25/h2-4,9-11,13,30H,1,5-8H2. The van der Waals surface area contributed by atoms with Crippen LogP contribution in [0.15, 0.2) is 49.2 Å². The maximum Gasteiger partial charge on any atom is 0.246 e. The van der Waals surface area contributed by atoms with Crippen LogP contribution in [0.25, 0.3) is 22.0 Å². The molecular weight excluding hydrogens is 419 g/mol. The highest BCUT2D eigenvalue weighted by Gasteiger charge is 2.24. The zero-order valence-corrected chi connectivity index (χ0v) is 17.2. The molecule has 0 saturated carbocycles. The van der Waals surface area contributed by atoms with Crippen LogP contribution in [0, 0.1) is 17.1 Å². The molecule has 3 aromatic rings. The smallest absolute Gasteiger partial charge is 0.246 e. The predicted molar refractivity (Wildman–Crippen MR) is 118 cm³/mol. The average molecular weight is 437 g/mol. The Balaban J connectivity index is 1.80. The highest BCUT2D eigenvalue weighted by Crippen LogP contribution is 2.38. The molecule has 0 unspecified atom stereocenters. The molecule has 0 radical (unpaired) electrons. The van der Waals surface area contributed by atoms with E-state index < -0.39 is 5.82 Å². The number of benzene rings is 2. The van der Waals surface area contributed by atoms with Gasteiger partial charge in [0, 0.05) is 53.9 Å². The van der Waals surface area contributed by atoms with Gasteiger partial charge in [-0.2, -0.15) is 5.26 Å². The van der Waals surface area contributed by atoms with Gasteiger partial charge in [-0.15, -0.1) is 0 Å². The molecule has 156 valence electrons. The van der Waals surface area contributed by atoms with Crippen LogP contribution in [0.2, 0.25) is 5.02 Å². The molecule has 4 rings (SSSR count). The number of aromatic nitrogens is 1. The predicted octanol–water partition coefficient (Wildman–Crippen LogP) is 4.11. The van der Waals surface area contributed by atoms with E-state index in [0.29, 0.717) is 53.9 Å². The average Bonchev–Trinajstić information content (AvgIpc) is 2.79. The zero-order chi connectivity index (χ0) is 22.1. The number of nitrogens with zero attached hydrogens (tertiary/aromatic N) is 4. The molecule has 1 aliphatic heterocycles. The molecule has 1 aromatic heterocycles. The van der Waals surface area contributed by atoms with Gasteiger partial charge < -0.3 is 14.9 Å². The van der Waals surface area contributed by atoms with Crippen LogP contribution >= 0.6 is 11.6 Å². The number of rotatable bonds is 3. The van der Waals surface area contributed by atoms with Crippen LogP contribution in [0.4, 0.5) is 10.1 Å². The summed E-state index contributed by atoms with van der Waals surface area (Å²) >= 11 is 6.51. The number of hydrogen-bond donors (Lipinski definition) is 1. The molecule has 1 amide bonds. The van der Waals surface area contributed by atoms with E-state index in [9.17, 15) is 19.6 Å². The third-order valence-electron chi connectivity index (χ3n) is 5.37. The number of phenols is 1. The van der Waals surface area contributed by atoms with Crippen LogP contribution in [0.5, 0.6) is 5.75 Å². The Morgan fingerprint density at radius 2 is 1.97 bits per heavy atom. The number of fused-ring (bicyclic) bond motifs is 1. The number of pyridine rings is 1. The van der Waals surface area contributed by atoms with E-state index in [4.69, 9.17) is 11.6 Å². The number of piperazine rings is 1. The van der Waals surface area contributed by atoms with Crippen LogP contribution < -0.4 is 4.90 Å². The van der Waals surface area contributed by atoms with Gasteiger partial charge in [-0.05, 0) is 36.4 Å². The number of carbonyl (C=O) groups is 1. The van der Waals surface area contributed by atoms with Gasteiger partial charge in [0.05, 0.1) is 16.8 Å². The summed E-state index contributed by atoms with van der Waals surface area (Å²) in [7, 11) is 0. The van der Waals surface area contributed by atoms with Gasteiger partial charge in [0.2, 0.25) is 5.91 Å². The summed E-state index contributed by atoms with van der Waals surface area (Å²) in [6, 6.07) is 9.24. The summed E-state index contributed by atoms with van der Waals surface area (Å²) < 4.78 is 14.4. The highest BCUT2D eigenvalue weighted by atomic mass is 35.5. The molecule has 8 heteroatoms. The van der Waals surface area contributed by atoms with E-state index in [1.54, 1.807) is 17.0 Å². The molecule has 1 fully saturated rings. The highest BCUT2D eigenvalue weighted by molar-refractivity contribution is 6.34. The van der Waals surface area contributed by atoms with Crippen molar-refractivity contribution >= 4 is 34.1 Å². The first kappa shape index (κ1) is 20.6. The van der Waals surface area contributed by atoms with E-state index in [0.717, 1.165) is 0 Å². The number of aromatic hydroxyl groups is 1. The van der Waals surface area contributed by atoms with Gasteiger partial charge >= 0.3 is 0 Å². The summed E-state index contributed by atoms with van der Waals surface area (Å²) in [6.07, 6.45) is 2.77. The van der Waals surface area contributed by atoms with Crippen molar-refractivity contribution in [2.45, 2.75) is 0 Å². The normalized spacial score (nSPS) is 13.8. The minimum atomic E-state index is -0.518. The van der Waals surface area contributed by atoms with Crippen LogP contribution in [0.3, 0.4) is 0 Å². The second kappa shape index (κ2) is 8.25. The monoisotopic (exact) mass is 436 g/mol.